The number of nitrogens with zero attached hydrogens (tertiary/aromatic N) is 1. The summed E-state index contributed by atoms with van der Waals surface area (Å²) in [7, 11) is 1.58. The largest absolute Gasteiger partial charge is 0.496 e. The zero-order chi connectivity index (χ0) is 17.4. The second-order valence-corrected chi connectivity index (χ2v) is 5.87. The lowest BCUT2D eigenvalue weighted by atomic mass is 10.2. The van der Waals surface area contributed by atoms with Crippen LogP contribution in [-0.4, -0.2) is 25.8 Å². The van der Waals surface area contributed by atoms with Crippen LogP contribution in [0.2, 0.25) is 0 Å². The van der Waals surface area contributed by atoms with Crippen LogP contribution >= 0.6 is 15.9 Å². The van der Waals surface area contributed by atoms with Crippen molar-refractivity contribution in [3.05, 3.63) is 58.1 Å². The summed E-state index contributed by atoms with van der Waals surface area (Å²) in [4.78, 5) is 12.1. The number of carbonyl (C=O) groups excluding carboxylic acids is 1. The van der Waals surface area contributed by atoms with E-state index in [1.807, 2.05) is 25.1 Å². The number of rotatable bonds is 7. The Morgan fingerprint density at radius 1 is 1.25 bits per heavy atom. The van der Waals surface area contributed by atoms with Crippen molar-refractivity contribution in [3.8, 4) is 11.5 Å². The summed E-state index contributed by atoms with van der Waals surface area (Å²) in [5, 5.41) is 3.98. The standard InChI is InChI=1S/C18H19BrN2O3/c1-3-10-24-16-7-4-13(5-8-16)18(22)21-20-12-14-11-15(19)6-9-17(14)23-2/h4-9,11-12H,3,10H2,1-2H3,(H,21,22)/b20-12+. The smallest absolute Gasteiger partial charge is 0.271 e. The number of amides is 1. The lowest BCUT2D eigenvalue weighted by Gasteiger charge is -2.06. The third-order valence-electron chi connectivity index (χ3n) is 3.15. The van der Waals surface area contributed by atoms with Crippen molar-refractivity contribution < 1.29 is 14.3 Å². The Morgan fingerprint density at radius 2 is 2.00 bits per heavy atom. The summed E-state index contributed by atoms with van der Waals surface area (Å²) in [6, 6.07) is 12.5. The highest BCUT2D eigenvalue weighted by molar-refractivity contribution is 9.10. The van der Waals surface area contributed by atoms with E-state index in [1.165, 1.54) is 0 Å². The maximum Gasteiger partial charge on any atom is 0.271 e. The molecule has 24 heavy (non-hydrogen) atoms. The van der Waals surface area contributed by atoms with Gasteiger partial charge in [-0.3, -0.25) is 4.79 Å². The lowest BCUT2D eigenvalue weighted by Crippen LogP contribution is -2.17. The first-order valence-corrected chi connectivity index (χ1v) is 8.33. The minimum Gasteiger partial charge on any atom is -0.496 e. The maximum atomic E-state index is 12.1. The molecule has 0 fully saturated rings. The number of benzene rings is 2. The molecule has 5 nitrogen and oxygen atoms in total. The Bertz CT molecular complexity index is 715. The molecule has 0 bridgehead atoms. The third-order valence-corrected chi connectivity index (χ3v) is 3.64. The van der Waals surface area contributed by atoms with Crippen molar-refractivity contribution in [1.29, 1.82) is 0 Å². The first-order valence-electron chi connectivity index (χ1n) is 7.54. The van der Waals surface area contributed by atoms with Gasteiger partial charge in [-0.15, -0.1) is 0 Å². The molecule has 0 spiro atoms. The van der Waals surface area contributed by atoms with Crippen LogP contribution in [0.4, 0.5) is 0 Å². The van der Waals surface area contributed by atoms with Gasteiger partial charge in [0, 0.05) is 15.6 Å². The summed E-state index contributed by atoms with van der Waals surface area (Å²) in [5.74, 6) is 1.13. The van der Waals surface area contributed by atoms with Crippen molar-refractivity contribution in [2.24, 2.45) is 5.10 Å². The molecule has 0 aliphatic heterocycles. The minimum atomic E-state index is -0.290. The van der Waals surface area contributed by atoms with Gasteiger partial charge in [-0.05, 0) is 48.9 Å². The molecule has 126 valence electrons. The molecule has 0 unspecified atom stereocenters. The van der Waals surface area contributed by atoms with E-state index in [-0.39, 0.29) is 5.91 Å². The van der Waals surface area contributed by atoms with Crippen molar-refractivity contribution in [2.75, 3.05) is 13.7 Å². The van der Waals surface area contributed by atoms with Gasteiger partial charge in [-0.1, -0.05) is 22.9 Å². The van der Waals surface area contributed by atoms with Crippen LogP contribution in [0.3, 0.4) is 0 Å². The Hall–Kier alpha value is -2.34. The Balaban J connectivity index is 1.98. The Kier molecular flexibility index (Phi) is 6.81. The molecule has 1 amide bonds. The van der Waals surface area contributed by atoms with Crippen LogP contribution in [-0.2, 0) is 0 Å². The molecule has 0 aromatic heterocycles. The molecule has 0 radical (unpaired) electrons. The predicted molar refractivity (Wildman–Crippen MR) is 98.0 cm³/mol. The average Bonchev–Trinajstić information content (AvgIpc) is 2.60. The first kappa shape index (κ1) is 18.0. The summed E-state index contributed by atoms with van der Waals surface area (Å²) in [6.07, 6.45) is 2.48. The van der Waals surface area contributed by atoms with Gasteiger partial charge in [0.1, 0.15) is 11.5 Å². The second-order valence-electron chi connectivity index (χ2n) is 4.96. The quantitative estimate of drug-likeness (QED) is 0.573. The van der Waals surface area contributed by atoms with Gasteiger partial charge in [0.05, 0.1) is 19.9 Å². The van der Waals surface area contributed by atoms with Gasteiger partial charge in [-0.2, -0.15) is 5.10 Å². The summed E-state index contributed by atoms with van der Waals surface area (Å²) < 4.78 is 11.6. The molecule has 0 saturated heterocycles. The van der Waals surface area contributed by atoms with E-state index >= 15 is 0 Å². The first-order chi connectivity index (χ1) is 11.6. The van der Waals surface area contributed by atoms with E-state index in [0.29, 0.717) is 17.9 Å². The van der Waals surface area contributed by atoms with Gasteiger partial charge < -0.3 is 9.47 Å². The van der Waals surface area contributed by atoms with E-state index in [9.17, 15) is 4.79 Å². The SMILES string of the molecule is CCCOc1ccc(C(=O)N/N=C/c2cc(Br)ccc2OC)cc1. The normalized spacial score (nSPS) is 10.6. The number of hydrogen-bond donors (Lipinski definition) is 1. The molecule has 0 aliphatic carbocycles. The molecule has 0 aliphatic rings. The van der Waals surface area contributed by atoms with Crippen molar-refractivity contribution in [3.63, 3.8) is 0 Å². The van der Waals surface area contributed by atoms with E-state index in [0.717, 1.165) is 22.2 Å². The van der Waals surface area contributed by atoms with Crippen LogP contribution in [0, 0.1) is 0 Å². The van der Waals surface area contributed by atoms with Crippen LogP contribution in [0.1, 0.15) is 29.3 Å². The minimum absolute atomic E-state index is 0.290. The molecule has 0 saturated carbocycles. The van der Waals surface area contributed by atoms with E-state index in [2.05, 4.69) is 26.5 Å². The summed E-state index contributed by atoms with van der Waals surface area (Å²) in [6.45, 7) is 2.70. The average molecular weight is 391 g/mol. The van der Waals surface area contributed by atoms with Crippen molar-refractivity contribution >= 4 is 28.1 Å². The molecular formula is C18H19BrN2O3. The number of halogens is 1. The molecule has 2 rings (SSSR count). The number of methoxy groups -OCH3 is 1. The van der Waals surface area contributed by atoms with Gasteiger partial charge in [-0.25, -0.2) is 5.43 Å². The van der Waals surface area contributed by atoms with Gasteiger partial charge in [0.15, 0.2) is 0 Å². The van der Waals surface area contributed by atoms with Gasteiger partial charge in [0.2, 0.25) is 0 Å². The molecule has 2 aromatic carbocycles. The lowest BCUT2D eigenvalue weighted by molar-refractivity contribution is 0.0955. The van der Waals surface area contributed by atoms with Crippen LogP contribution in [0.15, 0.2) is 52.0 Å². The highest BCUT2D eigenvalue weighted by Crippen LogP contribution is 2.21. The number of hydrazone groups is 1. The summed E-state index contributed by atoms with van der Waals surface area (Å²) in [5.41, 5.74) is 3.77. The van der Waals surface area contributed by atoms with Crippen molar-refractivity contribution in [1.82, 2.24) is 5.43 Å². The molecular weight excluding hydrogens is 372 g/mol. The number of hydrogen-bond acceptors (Lipinski definition) is 4. The van der Waals surface area contributed by atoms with Crippen LogP contribution in [0.5, 0.6) is 11.5 Å². The highest BCUT2D eigenvalue weighted by atomic mass is 79.9. The zero-order valence-corrected chi connectivity index (χ0v) is 15.2. The fourth-order valence-electron chi connectivity index (χ4n) is 1.95. The maximum absolute atomic E-state index is 12.1. The van der Waals surface area contributed by atoms with E-state index in [4.69, 9.17) is 9.47 Å². The zero-order valence-electron chi connectivity index (χ0n) is 13.6. The topological polar surface area (TPSA) is 59.9 Å². The van der Waals surface area contributed by atoms with Gasteiger partial charge >= 0.3 is 0 Å². The fourth-order valence-corrected chi connectivity index (χ4v) is 2.33. The fraction of sp³-hybridized carbons (Fsp3) is 0.222. The number of nitrogens with one attached hydrogen (secondary N) is 1. The molecule has 2 aromatic rings. The second kappa shape index (κ2) is 9.08. The third kappa shape index (κ3) is 5.09. The van der Waals surface area contributed by atoms with E-state index in [1.54, 1.807) is 37.6 Å². The Labute approximate surface area is 149 Å². The Morgan fingerprint density at radius 3 is 2.67 bits per heavy atom. The monoisotopic (exact) mass is 390 g/mol. The van der Waals surface area contributed by atoms with E-state index < -0.39 is 0 Å². The van der Waals surface area contributed by atoms with Gasteiger partial charge in [0.25, 0.3) is 5.91 Å². The molecule has 0 heterocycles. The van der Waals surface area contributed by atoms with Crippen LogP contribution < -0.4 is 14.9 Å². The predicted octanol–water partition coefficient (Wildman–Crippen LogP) is 4.01. The van der Waals surface area contributed by atoms with Crippen molar-refractivity contribution in [2.45, 2.75) is 13.3 Å². The molecule has 0 atom stereocenters. The summed E-state index contributed by atoms with van der Waals surface area (Å²) >= 11 is 3.39. The number of carbonyl (C=O) groups is 1. The number of ether oxygens (including phenoxy) is 2. The molecule has 6 heteroatoms. The van der Waals surface area contributed by atoms with Crippen LogP contribution in [0.25, 0.3) is 0 Å². The highest BCUT2D eigenvalue weighted by Gasteiger charge is 2.05. The molecule has 1 N–H and O–H groups in total.